The van der Waals surface area contributed by atoms with Crippen LogP contribution in [0.1, 0.15) is 18.9 Å². The summed E-state index contributed by atoms with van der Waals surface area (Å²) in [6.07, 6.45) is 1.08. The quantitative estimate of drug-likeness (QED) is 0.772. The second kappa shape index (κ2) is 8.49. The first-order valence-electron chi connectivity index (χ1n) is 8.91. The van der Waals surface area contributed by atoms with Crippen molar-refractivity contribution in [2.75, 3.05) is 18.4 Å². The number of carbonyl (C=O) groups is 2. The van der Waals surface area contributed by atoms with Gasteiger partial charge in [0.2, 0.25) is 11.8 Å². The molecule has 2 amide bonds. The summed E-state index contributed by atoms with van der Waals surface area (Å²) in [6, 6.07) is 17.6. The molecule has 0 aliphatic carbocycles. The molecule has 5 heteroatoms. The molecule has 4 nitrogen and oxygen atoms in total. The van der Waals surface area contributed by atoms with Gasteiger partial charge in [0.05, 0.1) is 5.92 Å². The molecule has 26 heavy (non-hydrogen) atoms. The molecule has 1 heterocycles. The second-order valence-electron chi connectivity index (χ2n) is 6.86. The van der Waals surface area contributed by atoms with Crippen LogP contribution in [-0.4, -0.2) is 29.8 Å². The number of hydrogen-bond acceptors (Lipinski definition) is 2. The molecule has 0 bridgehead atoms. The van der Waals surface area contributed by atoms with Gasteiger partial charge in [0.1, 0.15) is 0 Å². The first-order valence-corrected chi connectivity index (χ1v) is 9.70. The van der Waals surface area contributed by atoms with E-state index in [9.17, 15) is 9.59 Å². The summed E-state index contributed by atoms with van der Waals surface area (Å²) in [6.45, 7) is 3.48. The Morgan fingerprint density at radius 1 is 1.15 bits per heavy atom. The second-order valence-corrected chi connectivity index (χ2v) is 7.78. The van der Waals surface area contributed by atoms with Gasteiger partial charge in [-0.15, -0.1) is 0 Å². The minimum absolute atomic E-state index is 0.0967. The minimum Gasteiger partial charge on any atom is -0.342 e. The Hall–Kier alpha value is -2.14. The van der Waals surface area contributed by atoms with E-state index < -0.39 is 0 Å². The molecule has 0 saturated carbocycles. The summed E-state index contributed by atoms with van der Waals surface area (Å²) in [7, 11) is 0. The van der Waals surface area contributed by atoms with Gasteiger partial charge < -0.3 is 10.2 Å². The van der Waals surface area contributed by atoms with E-state index in [4.69, 9.17) is 0 Å². The maximum absolute atomic E-state index is 12.7. The van der Waals surface area contributed by atoms with Gasteiger partial charge in [0.25, 0.3) is 0 Å². The lowest BCUT2D eigenvalue weighted by Gasteiger charge is -2.16. The van der Waals surface area contributed by atoms with E-state index in [-0.39, 0.29) is 30.1 Å². The predicted octanol–water partition coefficient (Wildman–Crippen LogP) is 4.11. The van der Waals surface area contributed by atoms with Gasteiger partial charge in [-0.1, -0.05) is 53.2 Å². The molecular formula is C21H23BrN2O2. The van der Waals surface area contributed by atoms with Crippen molar-refractivity contribution >= 4 is 33.4 Å². The highest BCUT2D eigenvalue weighted by Gasteiger charge is 2.38. The Labute approximate surface area is 162 Å². The topological polar surface area (TPSA) is 49.4 Å². The molecular weight excluding hydrogens is 392 g/mol. The van der Waals surface area contributed by atoms with Crippen LogP contribution in [0.2, 0.25) is 0 Å². The predicted molar refractivity (Wildman–Crippen MR) is 107 cm³/mol. The molecule has 2 aromatic rings. The lowest BCUT2D eigenvalue weighted by atomic mass is 9.94. The molecule has 0 unspecified atom stereocenters. The summed E-state index contributed by atoms with van der Waals surface area (Å²) in [5, 5.41) is 2.88. The molecule has 1 fully saturated rings. The number of anilines is 1. The number of amides is 2. The zero-order chi connectivity index (χ0) is 18.5. The van der Waals surface area contributed by atoms with E-state index in [0.29, 0.717) is 6.54 Å². The molecule has 0 radical (unpaired) electrons. The summed E-state index contributed by atoms with van der Waals surface area (Å²) < 4.78 is 0.962. The zero-order valence-electron chi connectivity index (χ0n) is 14.8. The van der Waals surface area contributed by atoms with Crippen LogP contribution in [0.5, 0.6) is 0 Å². The summed E-state index contributed by atoms with van der Waals surface area (Å²) >= 11 is 3.37. The Bertz CT molecular complexity index is 761. The van der Waals surface area contributed by atoms with Gasteiger partial charge >= 0.3 is 0 Å². The van der Waals surface area contributed by atoms with Crippen molar-refractivity contribution in [2.45, 2.75) is 19.8 Å². The van der Waals surface area contributed by atoms with E-state index >= 15 is 0 Å². The highest BCUT2D eigenvalue weighted by Crippen LogP contribution is 2.28. The number of rotatable bonds is 6. The van der Waals surface area contributed by atoms with Gasteiger partial charge in [-0.05, 0) is 42.2 Å². The van der Waals surface area contributed by atoms with E-state index in [1.165, 1.54) is 5.56 Å². The Morgan fingerprint density at radius 3 is 2.54 bits per heavy atom. The van der Waals surface area contributed by atoms with Crippen molar-refractivity contribution in [1.82, 2.24) is 4.90 Å². The lowest BCUT2D eigenvalue weighted by molar-refractivity contribution is -0.133. The molecule has 3 rings (SSSR count). The van der Waals surface area contributed by atoms with Crippen molar-refractivity contribution in [3.8, 4) is 0 Å². The van der Waals surface area contributed by atoms with Crippen molar-refractivity contribution in [1.29, 1.82) is 0 Å². The average Bonchev–Trinajstić information content (AvgIpc) is 2.90. The third kappa shape index (κ3) is 4.73. The highest BCUT2D eigenvalue weighted by molar-refractivity contribution is 9.10. The van der Waals surface area contributed by atoms with Crippen LogP contribution >= 0.6 is 15.9 Å². The average molecular weight is 415 g/mol. The van der Waals surface area contributed by atoms with Gasteiger partial charge in [0, 0.05) is 29.7 Å². The van der Waals surface area contributed by atoms with Crippen molar-refractivity contribution < 1.29 is 9.59 Å². The lowest BCUT2D eigenvalue weighted by Crippen LogP contribution is -2.30. The van der Waals surface area contributed by atoms with Gasteiger partial charge in [0.15, 0.2) is 0 Å². The fourth-order valence-corrected chi connectivity index (χ4v) is 3.65. The monoisotopic (exact) mass is 414 g/mol. The molecule has 1 aliphatic rings. The summed E-state index contributed by atoms with van der Waals surface area (Å²) in [4.78, 5) is 26.9. The fourth-order valence-electron chi connectivity index (χ4n) is 3.39. The van der Waals surface area contributed by atoms with Crippen molar-refractivity contribution in [2.24, 2.45) is 11.8 Å². The Morgan fingerprint density at radius 2 is 1.85 bits per heavy atom. The number of carbonyl (C=O) groups excluding carboxylic acids is 2. The van der Waals surface area contributed by atoms with Crippen LogP contribution < -0.4 is 5.32 Å². The molecule has 1 N–H and O–H groups in total. The smallest absolute Gasteiger partial charge is 0.226 e. The first-order chi connectivity index (χ1) is 12.5. The van der Waals surface area contributed by atoms with Gasteiger partial charge in [-0.2, -0.15) is 0 Å². The van der Waals surface area contributed by atoms with Crippen LogP contribution in [0.25, 0.3) is 0 Å². The van der Waals surface area contributed by atoms with E-state index in [0.717, 1.165) is 23.1 Å². The zero-order valence-corrected chi connectivity index (χ0v) is 16.4. The van der Waals surface area contributed by atoms with Gasteiger partial charge in [-0.3, -0.25) is 9.59 Å². The minimum atomic E-state index is -0.235. The molecule has 0 spiro atoms. The molecule has 2 aromatic carbocycles. The molecule has 1 saturated heterocycles. The molecule has 1 aliphatic heterocycles. The van der Waals surface area contributed by atoms with Crippen LogP contribution in [0.15, 0.2) is 59.1 Å². The number of nitrogens with zero attached hydrogens (tertiary/aromatic N) is 1. The maximum Gasteiger partial charge on any atom is 0.226 e. The van der Waals surface area contributed by atoms with Crippen LogP contribution in [0.3, 0.4) is 0 Å². The standard InChI is InChI=1S/C21H23BrN2O2/c1-15-14-24(12-11-16-5-3-2-4-6-16)21(26)19(15)13-20(25)23-18-9-7-17(22)8-10-18/h2-10,15,19H,11-14H2,1H3,(H,23,25)/t15-,19-/m0/s1. The molecule has 136 valence electrons. The molecule has 0 aromatic heterocycles. The highest BCUT2D eigenvalue weighted by atomic mass is 79.9. The van der Waals surface area contributed by atoms with Crippen molar-refractivity contribution in [3.05, 3.63) is 64.6 Å². The third-order valence-electron chi connectivity index (χ3n) is 4.87. The Balaban J connectivity index is 1.53. The van der Waals surface area contributed by atoms with Crippen LogP contribution in [0, 0.1) is 11.8 Å². The summed E-state index contributed by atoms with van der Waals surface area (Å²) in [5.74, 6) is -0.0584. The summed E-state index contributed by atoms with van der Waals surface area (Å²) in [5.41, 5.74) is 1.97. The van der Waals surface area contributed by atoms with E-state index in [1.807, 2.05) is 47.4 Å². The van der Waals surface area contributed by atoms with Crippen molar-refractivity contribution in [3.63, 3.8) is 0 Å². The van der Waals surface area contributed by atoms with Gasteiger partial charge in [-0.25, -0.2) is 0 Å². The number of likely N-dealkylation sites (tertiary alicyclic amines) is 1. The molecule has 2 atom stereocenters. The first kappa shape index (κ1) is 18.6. The number of hydrogen-bond donors (Lipinski definition) is 1. The van der Waals surface area contributed by atoms with Crippen LogP contribution in [-0.2, 0) is 16.0 Å². The largest absolute Gasteiger partial charge is 0.342 e. The Kier molecular flexibility index (Phi) is 6.09. The maximum atomic E-state index is 12.7. The van der Waals surface area contributed by atoms with E-state index in [2.05, 4.69) is 40.3 Å². The number of nitrogens with one attached hydrogen (secondary N) is 1. The number of benzene rings is 2. The third-order valence-corrected chi connectivity index (χ3v) is 5.40. The van der Waals surface area contributed by atoms with E-state index in [1.54, 1.807) is 0 Å². The van der Waals surface area contributed by atoms with Crippen LogP contribution in [0.4, 0.5) is 5.69 Å². The number of halogens is 1. The SMILES string of the molecule is C[C@H]1CN(CCc2ccccc2)C(=O)[C@H]1CC(=O)Nc1ccc(Br)cc1. The normalized spacial score (nSPS) is 19.6. The fraction of sp³-hybridized carbons (Fsp3) is 0.333.